The second kappa shape index (κ2) is 6.11. The van der Waals surface area contributed by atoms with Gasteiger partial charge in [0.25, 0.3) is 0 Å². The lowest BCUT2D eigenvalue weighted by Crippen LogP contribution is -2.44. The Bertz CT molecular complexity index is 287. The maximum atomic E-state index is 6.37. The first-order chi connectivity index (χ1) is 8.90. The number of rotatable bonds is 3. The Hall–Kier alpha value is -0.120. The molecule has 112 valence electrons. The smallest absolute Gasteiger partial charge is 0.0710 e. The first-order valence-corrected chi connectivity index (χ1v) is 7.91. The Morgan fingerprint density at radius 2 is 1.95 bits per heavy atom. The van der Waals surface area contributed by atoms with E-state index in [1.54, 1.807) is 0 Å². The van der Waals surface area contributed by atoms with Crippen molar-refractivity contribution in [2.75, 3.05) is 26.7 Å². The Kier molecular flexibility index (Phi) is 4.91. The van der Waals surface area contributed by atoms with Gasteiger partial charge in [0.15, 0.2) is 0 Å². The van der Waals surface area contributed by atoms with Crippen molar-refractivity contribution >= 4 is 0 Å². The molecule has 3 heteroatoms. The molecule has 4 unspecified atom stereocenters. The highest BCUT2D eigenvalue weighted by atomic mass is 16.5. The van der Waals surface area contributed by atoms with Gasteiger partial charge >= 0.3 is 0 Å². The summed E-state index contributed by atoms with van der Waals surface area (Å²) in [6.07, 6.45) is 5.44. The maximum Gasteiger partial charge on any atom is 0.0710 e. The standard InChI is InChI=1S/C16H32N2O/c1-16(2,3)13-5-6-15(17)12(9-13)10-18-8-7-14(11-18)19-4/h12-15H,5-11,17H2,1-4H3. The molecule has 1 saturated heterocycles. The van der Waals surface area contributed by atoms with Gasteiger partial charge in [-0.05, 0) is 42.9 Å². The molecule has 2 rings (SSSR count). The molecule has 0 aromatic rings. The van der Waals surface area contributed by atoms with Crippen molar-refractivity contribution < 1.29 is 4.74 Å². The summed E-state index contributed by atoms with van der Waals surface area (Å²) in [5.41, 5.74) is 6.80. The first-order valence-electron chi connectivity index (χ1n) is 7.91. The third kappa shape index (κ3) is 3.93. The predicted octanol–water partition coefficient (Wildman–Crippen LogP) is 2.50. The van der Waals surface area contributed by atoms with E-state index >= 15 is 0 Å². The van der Waals surface area contributed by atoms with Crippen LogP contribution in [0, 0.1) is 17.3 Å². The molecule has 2 N–H and O–H groups in total. The van der Waals surface area contributed by atoms with Crippen LogP contribution in [0.3, 0.4) is 0 Å². The summed E-state index contributed by atoms with van der Waals surface area (Å²) in [6.45, 7) is 10.6. The Morgan fingerprint density at radius 1 is 1.21 bits per heavy atom. The average Bonchev–Trinajstić information content (AvgIpc) is 2.78. The van der Waals surface area contributed by atoms with Gasteiger partial charge in [0.2, 0.25) is 0 Å². The summed E-state index contributed by atoms with van der Waals surface area (Å²) in [5, 5.41) is 0. The quantitative estimate of drug-likeness (QED) is 0.854. The molecule has 0 amide bonds. The van der Waals surface area contributed by atoms with E-state index in [-0.39, 0.29) is 0 Å². The molecule has 1 saturated carbocycles. The van der Waals surface area contributed by atoms with Gasteiger partial charge in [-0.2, -0.15) is 0 Å². The minimum Gasteiger partial charge on any atom is -0.380 e. The number of methoxy groups -OCH3 is 1. The van der Waals surface area contributed by atoms with Crippen LogP contribution >= 0.6 is 0 Å². The predicted molar refractivity (Wildman–Crippen MR) is 80.1 cm³/mol. The number of likely N-dealkylation sites (tertiary alicyclic amines) is 1. The molecule has 0 radical (unpaired) electrons. The van der Waals surface area contributed by atoms with E-state index in [1.807, 2.05) is 7.11 Å². The molecule has 2 aliphatic rings. The normalized spacial score (nSPS) is 37.7. The van der Waals surface area contributed by atoms with Crippen molar-refractivity contribution in [2.45, 2.75) is 58.6 Å². The minimum absolute atomic E-state index is 0.403. The summed E-state index contributed by atoms with van der Waals surface area (Å²) >= 11 is 0. The van der Waals surface area contributed by atoms with E-state index < -0.39 is 0 Å². The molecule has 19 heavy (non-hydrogen) atoms. The van der Waals surface area contributed by atoms with Crippen LogP contribution in [0.1, 0.15) is 46.5 Å². The van der Waals surface area contributed by atoms with Gasteiger partial charge in [0.1, 0.15) is 0 Å². The summed E-state index contributed by atoms with van der Waals surface area (Å²) < 4.78 is 5.46. The molecule has 2 fully saturated rings. The summed E-state index contributed by atoms with van der Waals surface area (Å²) in [5.74, 6) is 1.51. The highest BCUT2D eigenvalue weighted by molar-refractivity contribution is 4.90. The zero-order chi connectivity index (χ0) is 14.0. The zero-order valence-corrected chi connectivity index (χ0v) is 13.2. The van der Waals surface area contributed by atoms with Crippen molar-refractivity contribution in [1.29, 1.82) is 0 Å². The molecule has 0 aromatic carbocycles. The van der Waals surface area contributed by atoms with E-state index in [1.165, 1.54) is 38.8 Å². The summed E-state index contributed by atoms with van der Waals surface area (Å²) in [4.78, 5) is 2.56. The lowest BCUT2D eigenvalue weighted by molar-refractivity contribution is 0.0869. The number of nitrogens with zero attached hydrogens (tertiary/aromatic N) is 1. The lowest BCUT2D eigenvalue weighted by Gasteiger charge is -2.41. The van der Waals surface area contributed by atoms with E-state index in [9.17, 15) is 0 Å². The van der Waals surface area contributed by atoms with Gasteiger partial charge in [-0.1, -0.05) is 20.8 Å². The fourth-order valence-electron chi connectivity index (χ4n) is 3.77. The average molecular weight is 268 g/mol. The highest BCUT2D eigenvalue weighted by Crippen LogP contribution is 2.40. The molecule has 1 aliphatic heterocycles. The number of hydrogen-bond donors (Lipinski definition) is 1. The van der Waals surface area contributed by atoms with Crippen molar-refractivity contribution in [2.24, 2.45) is 23.0 Å². The molecule has 0 bridgehead atoms. The minimum atomic E-state index is 0.403. The number of ether oxygens (including phenoxy) is 1. The largest absolute Gasteiger partial charge is 0.380 e. The molecule has 0 aromatic heterocycles. The zero-order valence-electron chi connectivity index (χ0n) is 13.2. The topological polar surface area (TPSA) is 38.5 Å². The fourth-order valence-corrected chi connectivity index (χ4v) is 3.77. The van der Waals surface area contributed by atoms with E-state index in [0.717, 1.165) is 12.5 Å². The van der Waals surface area contributed by atoms with Crippen LogP contribution in [0.15, 0.2) is 0 Å². The molecule has 1 aliphatic carbocycles. The van der Waals surface area contributed by atoms with Gasteiger partial charge in [-0.15, -0.1) is 0 Å². The summed E-state index contributed by atoms with van der Waals surface area (Å²) in [7, 11) is 1.83. The van der Waals surface area contributed by atoms with Crippen LogP contribution in [0.25, 0.3) is 0 Å². The van der Waals surface area contributed by atoms with Gasteiger partial charge in [-0.25, -0.2) is 0 Å². The molecule has 1 heterocycles. The molecular formula is C16H32N2O. The molecule has 4 atom stereocenters. The van der Waals surface area contributed by atoms with Crippen molar-refractivity contribution in [3.8, 4) is 0 Å². The molecule has 0 spiro atoms. The summed E-state index contributed by atoms with van der Waals surface area (Å²) in [6, 6.07) is 0.403. The van der Waals surface area contributed by atoms with E-state index in [0.29, 0.717) is 23.5 Å². The Balaban J connectivity index is 1.87. The third-order valence-corrected chi connectivity index (χ3v) is 5.32. The van der Waals surface area contributed by atoms with E-state index in [4.69, 9.17) is 10.5 Å². The van der Waals surface area contributed by atoms with Gasteiger partial charge in [0, 0.05) is 32.8 Å². The van der Waals surface area contributed by atoms with Crippen LogP contribution in [0.2, 0.25) is 0 Å². The van der Waals surface area contributed by atoms with Gasteiger partial charge < -0.3 is 15.4 Å². The lowest BCUT2D eigenvalue weighted by atomic mass is 9.67. The van der Waals surface area contributed by atoms with Crippen LogP contribution < -0.4 is 5.73 Å². The van der Waals surface area contributed by atoms with Crippen molar-refractivity contribution in [1.82, 2.24) is 4.90 Å². The third-order valence-electron chi connectivity index (χ3n) is 5.32. The van der Waals surface area contributed by atoms with Crippen LogP contribution in [-0.4, -0.2) is 43.8 Å². The van der Waals surface area contributed by atoms with Crippen molar-refractivity contribution in [3.63, 3.8) is 0 Å². The fraction of sp³-hybridized carbons (Fsp3) is 1.00. The van der Waals surface area contributed by atoms with Crippen LogP contribution in [0.4, 0.5) is 0 Å². The maximum absolute atomic E-state index is 6.37. The second-order valence-corrected chi connectivity index (χ2v) is 7.71. The van der Waals surface area contributed by atoms with Gasteiger partial charge in [-0.3, -0.25) is 0 Å². The van der Waals surface area contributed by atoms with Gasteiger partial charge in [0.05, 0.1) is 6.10 Å². The molecular weight excluding hydrogens is 236 g/mol. The number of nitrogens with two attached hydrogens (primary N) is 1. The number of hydrogen-bond acceptors (Lipinski definition) is 3. The van der Waals surface area contributed by atoms with E-state index in [2.05, 4.69) is 25.7 Å². The SMILES string of the molecule is COC1CCN(CC2CC(C(C)(C)C)CCC2N)C1. The van der Waals surface area contributed by atoms with Crippen molar-refractivity contribution in [3.05, 3.63) is 0 Å². The Morgan fingerprint density at radius 3 is 2.53 bits per heavy atom. The first kappa shape index (κ1) is 15.3. The Labute approximate surface area is 118 Å². The van der Waals surface area contributed by atoms with Crippen LogP contribution in [0.5, 0.6) is 0 Å². The highest BCUT2D eigenvalue weighted by Gasteiger charge is 2.36. The molecule has 3 nitrogen and oxygen atoms in total. The monoisotopic (exact) mass is 268 g/mol. The second-order valence-electron chi connectivity index (χ2n) is 7.71. The van der Waals surface area contributed by atoms with Crippen LogP contribution in [-0.2, 0) is 4.74 Å².